The van der Waals surface area contributed by atoms with E-state index < -0.39 is 0 Å². The highest BCUT2D eigenvalue weighted by Gasteiger charge is 1.81. The molecule has 0 atom stereocenters. The number of rotatable bonds is 3. The lowest BCUT2D eigenvalue weighted by atomic mass is 10.2. The van der Waals surface area contributed by atoms with E-state index in [0.29, 0.717) is 0 Å². The van der Waals surface area contributed by atoms with Crippen LogP contribution in [0.5, 0.6) is 0 Å². The van der Waals surface area contributed by atoms with Crippen molar-refractivity contribution in [1.29, 1.82) is 0 Å². The normalized spacial score (nSPS) is 13.0. The second-order valence-electron chi connectivity index (χ2n) is 2.17. The molecule has 0 spiro atoms. The van der Waals surface area contributed by atoms with Gasteiger partial charge in [-0.25, -0.2) is 0 Å². The van der Waals surface area contributed by atoms with Crippen molar-refractivity contribution in [3.8, 4) is 0 Å². The predicted octanol–water partition coefficient (Wildman–Crippen LogP) is 2.43. The topological polar surface area (TPSA) is 12.4 Å². The molecule has 9 heavy (non-hydrogen) atoms. The van der Waals surface area contributed by atoms with Crippen LogP contribution in [0.1, 0.15) is 26.7 Å². The van der Waals surface area contributed by atoms with Crippen LogP contribution < -0.4 is 0 Å². The van der Waals surface area contributed by atoms with Crippen molar-refractivity contribution >= 4 is 6.21 Å². The molecule has 0 amide bonds. The SMILES string of the molecule is CCCC(C)=CC=NC. The van der Waals surface area contributed by atoms with Crippen LogP contribution in [-0.2, 0) is 0 Å². The molecule has 0 saturated carbocycles. The Morgan fingerprint density at radius 1 is 1.56 bits per heavy atom. The summed E-state index contributed by atoms with van der Waals surface area (Å²) in [7, 11) is 1.79. The first-order chi connectivity index (χ1) is 4.31. The zero-order valence-corrected chi connectivity index (χ0v) is 6.52. The number of aliphatic imine (C=N–C) groups is 1. The van der Waals surface area contributed by atoms with Gasteiger partial charge in [0, 0.05) is 13.3 Å². The first kappa shape index (κ1) is 8.41. The van der Waals surface area contributed by atoms with E-state index in [2.05, 4.69) is 24.9 Å². The largest absolute Gasteiger partial charge is 0.297 e. The van der Waals surface area contributed by atoms with Gasteiger partial charge >= 0.3 is 0 Å². The monoisotopic (exact) mass is 125 g/mol. The molecular formula is C8H15N. The third-order valence-corrected chi connectivity index (χ3v) is 1.15. The van der Waals surface area contributed by atoms with Gasteiger partial charge < -0.3 is 0 Å². The van der Waals surface area contributed by atoms with E-state index in [1.54, 1.807) is 7.05 Å². The summed E-state index contributed by atoms with van der Waals surface area (Å²) in [5, 5.41) is 0. The van der Waals surface area contributed by atoms with Crippen LogP contribution in [0.25, 0.3) is 0 Å². The Kier molecular flexibility index (Phi) is 5.18. The molecule has 0 N–H and O–H groups in total. The van der Waals surface area contributed by atoms with Gasteiger partial charge in [0.05, 0.1) is 0 Å². The van der Waals surface area contributed by atoms with E-state index in [1.807, 2.05) is 6.21 Å². The molecule has 0 bridgehead atoms. The van der Waals surface area contributed by atoms with E-state index in [9.17, 15) is 0 Å². The average Bonchev–Trinajstić information content (AvgIpc) is 1.85. The van der Waals surface area contributed by atoms with Gasteiger partial charge in [-0.2, -0.15) is 0 Å². The molecule has 52 valence electrons. The van der Waals surface area contributed by atoms with Gasteiger partial charge in [0.2, 0.25) is 0 Å². The Balaban J connectivity index is 3.55. The Bertz CT molecular complexity index is 112. The van der Waals surface area contributed by atoms with Gasteiger partial charge in [-0.1, -0.05) is 18.9 Å². The molecule has 0 aliphatic heterocycles. The number of nitrogens with zero attached hydrogens (tertiary/aromatic N) is 1. The fraction of sp³-hybridized carbons (Fsp3) is 0.625. The summed E-state index contributed by atoms with van der Waals surface area (Å²) in [6, 6.07) is 0. The molecule has 0 aromatic carbocycles. The molecular weight excluding hydrogens is 110 g/mol. The Morgan fingerprint density at radius 2 is 2.22 bits per heavy atom. The fourth-order valence-corrected chi connectivity index (χ4v) is 0.679. The van der Waals surface area contributed by atoms with Crippen LogP contribution in [0, 0.1) is 0 Å². The molecule has 0 heterocycles. The maximum absolute atomic E-state index is 3.86. The summed E-state index contributed by atoms with van der Waals surface area (Å²) in [4.78, 5) is 3.86. The zero-order valence-electron chi connectivity index (χ0n) is 6.52. The second kappa shape index (κ2) is 5.54. The van der Waals surface area contributed by atoms with Crippen LogP contribution in [0.3, 0.4) is 0 Å². The summed E-state index contributed by atoms with van der Waals surface area (Å²) in [5.41, 5.74) is 1.41. The lowest BCUT2D eigenvalue weighted by molar-refractivity contribution is 0.907. The summed E-state index contributed by atoms with van der Waals surface area (Å²) in [6.45, 7) is 4.31. The predicted molar refractivity (Wildman–Crippen MR) is 43.1 cm³/mol. The van der Waals surface area contributed by atoms with Crippen molar-refractivity contribution < 1.29 is 0 Å². The van der Waals surface area contributed by atoms with Gasteiger partial charge in [-0.05, 0) is 19.4 Å². The first-order valence-corrected chi connectivity index (χ1v) is 3.39. The van der Waals surface area contributed by atoms with E-state index in [-0.39, 0.29) is 0 Å². The molecule has 0 rings (SSSR count). The van der Waals surface area contributed by atoms with E-state index >= 15 is 0 Å². The van der Waals surface area contributed by atoms with Gasteiger partial charge in [-0.15, -0.1) is 0 Å². The van der Waals surface area contributed by atoms with Gasteiger partial charge in [0.15, 0.2) is 0 Å². The third kappa shape index (κ3) is 5.28. The maximum Gasteiger partial charge on any atom is 0.0277 e. The number of hydrogen-bond acceptors (Lipinski definition) is 1. The fourth-order valence-electron chi connectivity index (χ4n) is 0.679. The highest BCUT2D eigenvalue weighted by atomic mass is 14.6. The summed E-state index contributed by atoms with van der Waals surface area (Å²) >= 11 is 0. The second-order valence-corrected chi connectivity index (χ2v) is 2.17. The minimum absolute atomic E-state index is 1.19. The first-order valence-electron chi connectivity index (χ1n) is 3.39. The van der Waals surface area contributed by atoms with Gasteiger partial charge in [-0.3, -0.25) is 4.99 Å². The molecule has 0 aliphatic rings. The van der Waals surface area contributed by atoms with Crippen LogP contribution >= 0.6 is 0 Å². The van der Waals surface area contributed by atoms with Crippen molar-refractivity contribution in [2.75, 3.05) is 7.05 Å². The summed E-state index contributed by atoms with van der Waals surface area (Å²) in [5.74, 6) is 0. The number of allylic oxidation sites excluding steroid dienone is 2. The molecule has 0 aromatic heterocycles. The van der Waals surface area contributed by atoms with Crippen molar-refractivity contribution in [2.45, 2.75) is 26.7 Å². The third-order valence-electron chi connectivity index (χ3n) is 1.15. The smallest absolute Gasteiger partial charge is 0.0277 e. The Morgan fingerprint density at radius 3 is 2.67 bits per heavy atom. The summed E-state index contributed by atoms with van der Waals surface area (Å²) < 4.78 is 0. The van der Waals surface area contributed by atoms with E-state index in [0.717, 1.165) is 0 Å². The minimum Gasteiger partial charge on any atom is -0.297 e. The standard InChI is InChI=1S/C8H15N/c1-4-5-8(2)6-7-9-3/h6-7H,4-5H2,1-3H3. The molecule has 0 saturated heterocycles. The molecule has 0 unspecified atom stereocenters. The van der Waals surface area contributed by atoms with Gasteiger partial charge in [0.25, 0.3) is 0 Å². The average molecular weight is 125 g/mol. The van der Waals surface area contributed by atoms with E-state index in [1.165, 1.54) is 18.4 Å². The van der Waals surface area contributed by atoms with Gasteiger partial charge in [0.1, 0.15) is 0 Å². The molecule has 0 radical (unpaired) electrons. The Hall–Kier alpha value is -0.590. The molecule has 1 nitrogen and oxygen atoms in total. The van der Waals surface area contributed by atoms with Crippen LogP contribution in [0.15, 0.2) is 16.6 Å². The van der Waals surface area contributed by atoms with E-state index in [4.69, 9.17) is 0 Å². The molecule has 0 fully saturated rings. The minimum atomic E-state index is 1.19. The van der Waals surface area contributed by atoms with Crippen molar-refractivity contribution in [2.24, 2.45) is 4.99 Å². The zero-order chi connectivity index (χ0) is 7.11. The van der Waals surface area contributed by atoms with Crippen LogP contribution in [-0.4, -0.2) is 13.3 Å². The van der Waals surface area contributed by atoms with Crippen molar-refractivity contribution in [1.82, 2.24) is 0 Å². The van der Waals surface area contributed by atoms with Crippen LogP contribution in [0.4, 0.5) is 0 Å². The quantitative estimate of drug-likeness (QED) is 0.514. The number of hydrogen-bond donors (Lipinski definition) is 0. The lowest BCUT2D eigenvalue weighted by Crippen LogP contribution is -1.75. The Labute approximate surface area is 57.5 Å². The van der Waals surface area contributed by atoms with Crippen molar-refractivity contribution in [3.63, 3.8) is 0 Å². The summed E-state index contributed by atoms with van der Waals surface area (Å²) in [6.07, 6.45) is 6.31. The highest BCUT2D eigenvalue weighted by molar-refractivity contribution is 5.71. The van der Waals surface area contributed by atoms with Crippen molar-refractivity contribution in [3.05, 3.63) is 11.6 Å². The maximum atomic E-state index is 3.86. The highest BCUT2D eigenvalue weighted by Crippen LogP contribution is 2.00. The lowest BCUT2D eigenvalue weighted by Gasteiger charge is -1.91. The molecule has 1 heteroatoms. The molecule has 0 aliphatic carbocycles. The van der Waals surface area contributed by atoms with Crippen LogP contribution in [0.2, 0.25) is 0 Å². The molecule has 0 aromatic rings.